The molecule has 1 aliphatic heterocycles. The highest BCUT2D eigenvalue weighted by molar-refractivity contribution is 7.89. The van der Waals surface area contributed by atoms with E-state index in [0.29, 0.717) is 37.7 Å². The SMILES string of the molecule is COc1ccc(Cl)cc1C[NH+]1CCN(S(=O)(=O)c2ccccc2F)CC1. The number of nitrogens with zero attached hydrogens (tertiary/aromatic N) is 1. The fourth-order valence-corrected chi connectivity index (χ4v) is 4.87. The van der Waals surface area contributed by atoms with E-state index in [9.17, 15) is 12.8 Å². The lowest BCUT2D eigenvalue weighted by Gasteiger charge is -2.31. The molecule has 0 saturated carbocycles. The lowest BCUT2D eigenvalue weighted by atomic mass is 10.1. The molecule has 1 saturated heterocycles. The molecule has 26 heavy (non-hydrogen) atoms. The van der Waals surface area contributed by atoms with Crippen LogP contribution in [0.5, 0.6) is 5.75 Å². The van der Waals surface area contributed by atoms with Gasteiger partial charge >= 0.3 is 0 Å². The largest absolute Gasteiger partial charge is 0.496 e. The highest BCUT2D eigenvalue weighted by atomic mass is 35.5. The van der Waals surface area contributed by atoms with E-state index >= 15 is 0 Å². The summed E-state index contributed by atoms with van der Waals surface area (Å²) < 4.78 is 45.9. The number of ether oxygens (including phenoxy) is 1. The molecule has 0 amide bonds. The molecule has 3 rings (SSSR count). The number of hydrogen-bond donors (Lipinski definition) is 1. The highest BCUT2D eigenvalue weighted by Gasteiger charge is 2.32. The number of hydrogen-bond acceptors (Lipinski definition) is 3. The molecule has 8 heteroatoms. The van der Waals surface area contributed by atoms with Gasteiger partial charge in [-0.3, -0.25) is 0 Å². The summed E-state index contributed by atoms with van der Waals surface area (Å²) in [5, 5.41) is 0.640. The Hall–Kier alpha value is -1.67. The van der Waals surface area contributed by atoms with Crippen LogP contribution in [0.3, 0.4) is 0 Å². The highest BCUT2D eigenvalue weighted by Crippen LogP contribution is 2.22. The molecule has 0 atom stereocenters. The van der Waals surface area contributed by atoms with Crippen LogP contribution in [0.15, 0.2) is 47.4 Å². The topological polar surface area (TPSA) is 51.1 Å². The van der Waals surface area contributed by atoms with Crippen LogP contribution >= 0.6 is 11.6 Å². The predicted octanol–water partition coefficient (Wildman–Crippen LogP) is 1.58. The maximum atomic E-state index is 13.9. The third-order valence-electron chi connectivity index (χ3n) is 4.57. The molecular formula is C18H21ClFN2O3S+. The zero-order valence-corrected chi connectivity index (χ0v) is 16.0. The maximum Gasteiger partial charge on any atom is 0.246 e. The summed E-state index contributed by atoms with van der Waals surface area (Å²) >= 11 is 6.07. The van der Waals surface area contributed by atoms with Gasteiger partial charge in [0, 0.05) is 10.6 Å². The molecule has 0 unspecified atom stereocenters. The van der Waals surface area contributed by atoms with Crippen molar-refractivity contribution >= 4 is 21.6 Å². The first-order valence-electron chi connectivity index (χ1n) is 8.32. The average molecular weight is 400 g/mol. The maximum absolute atomic E-state index is 13.9. The quantitative estimate of drug-likeness (QED) is 0.830. The van der Waals surface area contributed by atoms with Gasteiger partial charge in [0.2, 0.25) is 10.0 Å². The summed E-state index contributed by atoms with van der Waals surface area (Å²) in [7, 11) is -2.20. The Morgan fingerprint density at radius 1 is 1.19 bits per heavy atom. The number of halogens is 2. The molecule has 1 fully saturated rings. The van der Waals surface area contributed by atoms with Crippen LogP contribution in [0.4, 0.5) is 4.39 Å². The summed E-state index contributed by atoms with van der Waals surface area (Å²) in [6.07, 6.45) is 0. The van der Waals surface area contributed by atoms with Crippen LogP contribution < -0.4 is 9.64 Å². The van der Waals surface area contributed by atoms with E-state index in [4.69, 9.17) is 16.3 Å². The summed E-state index contributed by atoms with van der Waals surface area (Å²) in [4.78, 5) is 0.963. The Labute approximate surface area is 158 Å². The van der Waals surface area contributed by atoms with Gasteiger partial charge in [-0.25, -0.2) is 12.8 Å². The van der Waals surface area contributed by atoms with E-state index in [1.807, 2.05) is 12.1 Å². The van der Waals surface area contributed by atoms with E-state index in [-0.39, 0.29) is 4.90 Å². The molecular weight excluding hydrogens is 379 g/mol. The van der Waals surface area contributed by atoms with Crippen molar-refractivity contribution < 1.29 is 22.4 Å². The number of methoxy groups -OCH3 is 1. The van der Waals surface area contributed by atoms with Gasteiger partial charge in [0.15, 0.2) is 0 Å². The van der Waals surface area contributed by atoms with Crippen LogP contribution in [0.2, 0.25) is 5.02 Å². The van der Waals surface area contributed by atoms with E-state index in [1.54, 1.807) is 13.2 Å². The molecule has 1 N–H and O–H groups in total. The van der Waals surface area contributed by atoms with Crippen LogP contribution in [0.1, 0.15) is 5.56 Å². The number of sulfonamides is 1. The third-order valence-corrected chi connectivity index (χ3v) is 6.73. The van der Waals surface area contributed by atoms with Crippen LogP contribution in [0.25, 0.3) is 0 Å². The minimum Gasteiger partial charge on any atom is -0.496 e. The van der Waals surface area contributed by atoms with Crippen molar-refractivity contribution in [3.05, 3.63) is 58.9 Å². The van der Waals surface area contributed by atoms with Gasteiger partial charge < -0.3 is 9.64 Å². The van der Waals surface area contributed by atoms with Crippen LogP contribution in [-0.4, -0.2) is 46.0 Å². The summed E-state index contributed by atoms with van der Waals surface area (Å²) in [6, 6.07) is 11.0. The van der Waals surface area contributed by atoms with Gasteiger partial charge in [0.05, 0.1) is 33.3 Å². The van der Waals surface area contributed by atoms with Gasteiger partial charge in [-0.2, -0.15) is 4.31 Å². The van der Waals surface area contributed by atoms with E-state index < -0.39 is 15.8 Å². The lowest BCUT2D eigenvalue weighted by molar-refractivity contribution is -0.917. The number of quaternary nitrogens is 1. The predicted molar refractivity (Wildman–Crippen MR) is 97.6 cm³/mol. The normalized spacial score (nSPS) is 16.6. The zero-order valence-electron chi connectivity index (χ0n) is 14.4. The van der Waals surface area contributed by atoms with Crippen molar-refractivity contribution in [2.24, 2.45) is 0 Å². The summed E-state index contributed by atoms with van der Waals surface area (Å²) in [5.74, 6) is 0.0502. The number of nitrogens with one attached hydrogen (secondary N) is 1. The van der Waals surface area contributed by atoms with Crippen molar-refractivity contribution in [3.63, 3.8) is 0 Å². The molecule has 5 nitrogen and oxygen atoms in total. The molecule has 2 aromatic rings. The Morgan fingerprint density at radius 2 is 1.88 bits per heavy atom. The lowest BCUT2D eigenvalue weighted by Crippen LogP contribution is -3.13. The van der Waals surface area contributed by atoms with E-state index in [2.05, 4.69) is 0 Å². The van der Waals surface area contributed by atoms with Crippen LogP contribution in [0, 0.1) is 5.82 Å². The second-order valence-corrected chi connectivity index (χ2v) is 8.56. The molecule has 2 aromatic carbocycles. The third kappa shape index (κ3) is 4.01. The fourth-order valence-electron chi connectivity index (χ4n) is 3.17. The first-order valence-corrected chi connectivity index (χ1v) is 10.1. The summed E-state index contributed by atoms with van der Waals surface area (Å²) in [5.41, 5.74) is 0.986. The second-order valence-electron chi connectivity index (χ2n) is 6.22. The van der Waals surface area contributed by atoms with Gasteiger partial charge in [-0.15, -0.1) is 0 Å². The van der Waals surface area contributed by atoms with Crippen molar-refractivity contribution in [2.45, 2.75) is 11.4 Å². The first kappa shape index (κ1) is 19.1. The Balaban J connectivity index is 1.68. The van der Waals surface area contributed by atoms with Gasteiger partial charge in [-0.05, 0) is 30.3 Å². The average Bonchev–Trinajstić information content (AvgIpc) is 2.62. The number of benzene rings is 2. The Bertz CT molecular complexity index is 884. The van der Waals surface area contributed by atoms with E-state index in [0.717, 1.165) is 11.3 Å². The number of rotatable bonds is 5. The van der Waals surface area contributed by atoms with Crippen molar-refractivity contribution in [3.8, 4) is 5.75 Å². The van der Waals surface area contributed by atoms with Gasteiger partial charge in [0.25, 0.3) is 0 Å². The molecule has 0 aromatic heterocycles. The minimum atomic E-state index is -3.81. The molecule has 1 aliphatic rings. The summed E-state index contributed by atoms with van der Waals surface area (Å²) in [6.45, 7) is 2.63. The standard InChI is InChI=1S/C18H20ClFN2O3S/c1-25-17-7-6-15(19)12-14(17)13-21-8-10-22(11-9-21)26(23,24)18-5-3-2-4-16(18)20/h2-7,12H,8-11,13H2,1H3/p+1. The monoisotopic (exact) mass is 399 g/mol. The minimum absolute atomic E-state index is 0.264. The van der Waals surface area contributed by atoms with Gasteiger partial charge in [-0.1, -0.05) is 23.7 Å². The smallest absolute Gasteiger partial charge is 0.246 e. The fraction of sp³-hybridized carbons (Fsp3) is 0.333. The molecule has 0 bridgehead atoms. The molecule has 0 spiro atoms. The Morgan fingerprint density at radius 3 is 2.54 bits per heavy atom. The molecule has 0 radical (unpaired) electrons. The van der Waals surface area contributed by atoms with E-state index in [1.165, 1.54) is 33.5 Å². The Kier molecular flexibility index (Phi) is 5.82. The molecule has 0 aliphatic carbocycles. The van der Waals surface area contributed by atoms with Crippen molar-refractivity contribution in [2.75, 3.05) is 33.3 Å². The zero-order chi connectivity index (χ0) is 18.7. The number of piperazine rings is 1. The second kappa shape index (κ2) is 7.92. The molecule has 140 valence electrons. The van der Waals surface area contributed by atoms with Crippen molar-refractivity contribution in [1.82, 2.24) is 4.31 Å². The van der Waals surface area contributed by atoms with Crippen molar-refractivity contribution in [1.29, 1.82) is 0 Å². The van der Waals surface area contributed by atoms with Gasteiger partial charge in [0.1, 0.15) is 23.0 Å². The molecule has 1 heterocycles. The first-order chi connectivity index (χ1) is 12.4. The van der Waals surface area contributed by atoms with Crippen LogP contribution in [-0.2, 0) is 16.6 Å².